The third-order valence-corrected chi connectivity index (χ3v) is 3.06. The molecule has 1 aliphatic heterocycles. The number of rotatable bonds is 2. The molecule has 5 heteroatoms. The Bertz CT molecular complexity index is 361. The third-order valence-electron chi connectivity index (χ3n) is 3.06. The molecule has 0 aromatic carbocycles. The van der Waals surface area contributed by atoms with Crippen LogP contribution in [0.2, 0.25) is 0 Å². The maximum atomic E-state index is 10.8. The van der Waals surface area contributed by atoms with Crippen molar-refractivity contribution in [2.75, 3.05) is 13.1 Å². The second kappa shape index (κ2) is 4.18. The van der Waals surface area contributed by atoms with Crippen LogP contribution in [0.3, 0.4) is 0 Å². The number of aromatic nitrogens is 2. The Hall–Kier alpha value is -1.10. The summed E-state index contributed by atoms with van der Waals surface area (Å²) in [6, 6.07) is 0.595. The van der Waals surface area contributed by atoms with E-state index < -0.39 is 0 Å². The fraction of sp³-hybridized carbons (Fsp3) is 0.800. The first-order valence-electron chi connectivity index (χ1n) is 5.46. The van der Waals surface area contributed by atoms with E-state index in [0.29, 0.717) is 17.9 Å². The van der Waals surface area contributed by atoms with Crippen LogP contribution < -0.4 is 5.69 Å². The van der Waals surface area contributed by atoms with Crippen LogP contribution in [0.4, 0.5) is 0 Å². The number of likely N-dealkylation sites (tertiary alicyclic amines) is 1. The summed E-state index contributed by atoms with van der Waals surface area (Å²) in [5.74, 6) is 0.877. The maximum Gasteiger partial charge on any atom is 0.377 e. The smallest absolute Gasteiger partial charge is 0.362 e. The fourth-order valence-corrected chi connectivity index (χ4v) is 2.08. The van der Waals surface area contributed by atoms with Crippen molar-refractivity contribution >= 4 is 0 Å². The fourth-order valence-electron chi connectivity index (χ4n) is 2.08. The van der Waals surface area contributed by atoms with E-state index >= 15 is 0 Å². The number of nitrogens with one attached hydrogen (secondary N) is 1. The molecule has 2 rings (SSSR count). The number of hydrogen-bond donors (Lipinski definition) is 1. The first kappa shape index (κ1) is 10.4. The van der Waals surface area contributed by atoms with Gasteiger partial charge in [0.2, 0.25) is 5.89 Å². The lowest BCUT2D eigenvalue weighted by Gasteiger charge is -2.33. The van der Waals surface area contributed by atoms with Gasteiger partial charge in [-0.05, 0) is 39.8 Å². The van der Waals surface area contributed by atoms with E-state index in [1.54, 1.807) is 0 Å². The van der Waals surface area contributed by atoms with Crippen molar-refractivity contribution < 1.29 is 4.52 Å². The number of nitrogens with zero attached hydrogens (tertiary/aromatic N) is 2. The standard InChI is InChI=1S/C10H17N3O2/c1-7(2)13-5-3-8(4-6-13)9-11-10(14)12-15-9/h7-8H,3-6H2,1-2H3,(H,12,14). The summed E-state index contributed by atoms with van der Waals surface area (Å²) in [6.45, 7) is 6.52. The molecule has 0 radical (unpaired) electrons. The molecule has 1 saturated heterocycles. The van der Waals surface area contributed by atoms with Crippen LogP contribution in [0.25, 0.3) is 0 Å². The number of hydrogen-bond acceptors (Lipinski definition) is 4. The molecule has 15 heavy (non-hydrogen) atoms. The van der Waals surface area contributed by atoms with E-state index in [9.17, 15) is 4.79 Å². The molecule has 1 fully saturated rings. The molecule has 5 nitrogen and oxygen atoms in total. The summed E-state index contributed by atoms with van der Waals surface area (Å²) in [4.78, 5) is 17.1. The highest BCUT2D eigenvalue weighted by Crippen LogP contribution is 2.26. The molecule has 84 valence electrons. The Morgan fingerprint density at radius 2 is 2.13 bits per heavy atom. The van der Waals surface area contributed by atoms with Crippen molar-refractivity contribution in [1.82, 2.24) is 15.0 Å². The van der Waals surface area contributed by atoms with E-state index in [1.165, 1.54) is 0 Å². The van der Waals surface area contributed by atoms with E-state index in [1.807, 2.05) is 0 Å². The molecule has 1 N–H and O–H groups in total. The molecule has 0 aliphatic carbocycles. The zero-order chi connectivity index (χ0) is 10.8. The van der Waals surface area contributed by atoms with Crippen LogP contribution in [0, 0.1) is 0 Å². The normalized spacial score (nSPS) is 19.9. The second-order valence-corrected chi connectivity index (χ2v) is 4.36. The van der Waals surface area contributed by atoms with Gasteiger partial charge < -0.3 is 9.42 Å². The topological polar surface area (TPSA) is 62.1 Å². The van der Waals surface area contributed by atoms with Gasteiger partial charge in [-0.25, -0.2) is 4.79 Å². The van der Waals surface area contributed by atoms with Crippen LogP contribution in [0.1, 0.15) is 38.5 Å². The highest BCUT2D eigenvalue weighted by molar-refractivity contribution is 4.93. The molecule has 0 atom stereocenters. The molecule has 0 bridgehead atoms. The van der Waals surface area contributed by atoms with Crippen molar-refractivity contribution in [3.63, 3.8) is 0 Å². The lowest BCUT2D eigenvalue weighted by Crippen LogP contribution is -2.37. The van der Waals surface area contributed by atoms with Gasteiger partial charge in [0.15, 0.2) is 0 Å². The number of aromatic amines is 1. The van der Waals surface area contributed by atoms with Crippen molar-refractivity contribution in [3.05, 3.63) is 16.4 Å². The van der Waals surface area contributed by atoms with E-state index in [2.05, 4.69) is 28.9 Å². The monoisotopic (exact) mass is 211 g/mol. The van der Waals surface area contributed by atoms with Crippen molar-refractivity contribution in [2.45, 2.75) is 38.6 Å². The predicted octanol–water partition coefficient (Wildman–Crippen LogP) is 0.951. The lowest BCUT2D eigenvalue weighted by atomic mass is 9.96. The minimum atomic E-state index is -0.378. The summed E-state index contributed by atoms with van der Waals surface area (Å²) < 4.78 is 5.03. The lowest BCUT2D eigenvalue weighted by molar-refractivity contribution is 0.160. The summed E-state index contributed by atoms with van der Waals surface area (Å²) in [6.07, 6.45) is 2.04. The molecule has 0 amide bonds. The first-order chi connectivity index (χ1) is 7.16. The molecule has 2 heterocycles. The van der Waals surface area contributed by atoms with Crippen molar-refractivity contribution in [3.8, 4) is 0 Å². The zero-order valence-corrected chi connectivity index (χ0v) is 9.19. The van der Waals surface area contributed by atoms with Gasteiger partial charge in [0.25, 0.3) is 0 Å². The molecule has 1 aromatic heterocycles. The van der Waals surface area contributed by atoms with Crippen LogP contribution in [0.5, 0.6) is 0 Å². The van der Waals surface area contributed by atoms with Gasteiger partial charge in [0.1, 0.15) is 0 Å². The molecular formula is C10H17N3O2. The summed E-state index contributed by atoms with van der Waals surface area (Å²) in [5.41, 5.74) is -0.378. The van der Waals surface area contributed by atoms with Gasteiger partial charge in [-0.1, -0.05) is 0 Å². The Morgan fingerprint density at radius 1 is 1.47 bits per heavy atom. The van der Waals surface area contributed by atoms with Crippen LogP contribution in [0.15, 0.2) is 9.32 Å². The second-order valence-electron chi connectivity index (χ2n) is 4.36. The quantitative estimate of drug-likeness (QED) is 0.791. The minimum absolute atomic E-state index is 0.305. The SMILES string of the molecule is CC(C)N1CCC(c2nc(=O)[nH]o2)CC1. The Kier molecular flexibility index (Phi) is 2.90. The molecule has 0 unspecified atom stereocenters. The van der Waals surface area contributed by atoms with Gasteiger partial charge in [0.05, 0.1) is 0 Å². The average molecular weight is 211 g/mol. The largest absolute Gasteiger partial charge is 0.377 e. The molecule has 0 spiro atoms. The maximum absolute atomic E-state index is 10.8. The Morgan fingerprint density at radius 3 is 2.60 bits per heavy atom. The van der Waals surface area contributed by atoms with Gasteiger partial charge in [-0.2, -0.15) is 10.1 Å². The van der Waals surface area contributed by atoms with E-state index in [4.69, 9.17) is 4.52 Å². The number of H-pyrrole nitrogens is 1. The zero-order valence-electron chi connectivity index (χ0n) is 9.19. The van der Waals surface area contributed by atoms with Crippen LogP contribution >= 0.6 is 0 Å². The summed E-state index contributed by atoms with van der Waals surface area (Å²) in [5, 5.41) is 2.24. The van der Waals surface area contributed by atoms with E-state index in [-0.39, 0.29) is 5.69 Å². The van der Waals surface area contributed by atoms with Gasteiger partial charge in [-0.15, -0.1) is 0 Å². The van der Waals surface area contributed by atoms with Crippen molar-refractivity contribution in [2.24, 2.45) is 0 Å². The van der Waals surface area contributed by atoms with Crippen molar-refractivity contribution in [1.29, 1.82) is 0 Å². The van der Waals surface area contributed by atoms with Gasteiger partial charge in [-0.3, -0.25) is 0 Å². The molecule has 1 aromatic rings. The number of piperidine rings is 1. The van der Waals surface area contributed by atoms with Crippen LogP contribution in [-0.2, 0) is 0 Å². The van der Waals surface area contributed by atoms with E-state index in [0.717, 1.165) is 25.9 Å². The first-order valence-corrected chi connectivity index (χ1v) is 5.46. The highest BCUT2D eigenvalue weighted by atomic mass is 16.5. The van der Waals surface area contributed by atoms with Gasteiger partial charge >= 0.3 is 5.69 Å². The minimum Gasteiger partial charge on any atom is -0.362 e. The predicted molar refractivity (Wildman–Crippen MR) is 55.8 cm³/mol. The Balaban J connectivity index is 1.96. The third kappa shape index (κ3) is 2.28. The molecule has 0 saturated carbocycles. The molecular weight excluding hydrogens is 194 g/mol. The van der Waals surface area contributed by atoms with Gasteiger partial charge in [0, 0.05) is 12.0 Å². The summed E-state index contributed by atoms with van der Waals surface area (Å²) in [7, 11) is 0. The highest BCUT2D eigenvalue weighted by Gasteiger charge is 2.25. The summed E-state index contributed by atoms with van der Waals surface area (Å²) >= 11 is 0. The van der Waals surface area contributed by atoms with Crippen LogP contribution in [-0.4, -0.2) is 34.2 Å². The average Bonchev–Trinajstić information content (AvgIpc) is 2.65. The molecule has 1 aliphatic rings. The Labute approximate surface area is 88.5 Å².